The molecule has 0 aliphatic heterocycles. The number of carbonyl (C=O) groups is 2. The Kier molecular flexibility index (Phi) is 9.64. The first-order chi connectivity index (χ1) is 8.60. The number of carbonyl (C=O) groups excluding carboxylic acids is 1. The molecule has 0 saturated heterocycles. The Hall–Kier alpha value is -1.58. The highest BCUT2D eigenvalue weighted by atomic mass is 16.5. The number of ether oxygens (including phenoxy) is 1. The first-order valence-electron chi connectivity index (χ1n) is 6.31. The number of carboxylic acids is 1. The molecule has 4 nitrogen and oxygen atoms in total. The van der Waals surface area contributed by atoms with Crippen molar-refractivity contribution in [1.29, 1.82) is 0 Å². The second kappa shape index (κ2) is 10.6. The van der Waals surface area contributed by atoms with Crippen LogP contribution in [-0.2, 0) is 14.3 Å². The molecule has 0 aromatic carbocycles. The normalized spacial score (nSPS) is 13.0. The van der Waals surface area contributed by atoms with Gasteiger partial charge in [-0.05, 0) is 12.8 Å². The lowest BCUT2D eigenvalue weighted by Gasteiger charge is -2.13. The number of hydrogen-bond donors (Lipinski definition) is 1. The van der Waals surface area contributed by atoms with Crippen molar-refractivity contribution in [3.05, 3.63) is 24.3 Å². The van der Waals surface area contributed by atoms with E-state index in [2.05, 4.69) is 0 Å². The standard InChI is InChI=1S/C14H22O4/c1-3-5-6-11-14(17)18-12(4-2)9-7-8-10-13(15)16/h5-8,12H,3-4,9-11H2,1-2H3,(H,15,16). The summed E-state index contributed by atoms with van der Waals surface area (Å²) in [6.07, 6.45) is 9.37. The molecule has 0 aliphatic rings. The molecular weight excluding hydrogens is 232 g/mol. The Morgan fingerprint density at radius 3 is 2.33 bits per heavy atom. The summed E-state index contributed by atoms with van der Waals surface area (Å²) in [5.41, 5.74) is 0. The van der Waals surface area contributed by atoms with E-state index < -0.39 is 5.97 Å². The zero-order valence-corrected chi connectivity index (χ0v) is 11.1. The summed E-state index contributed by atoms with van der Waals surface area (Å²) in [5, 5.41) is 8.46. The maximum Gasteiger partial charge on any atom is 0.309 e. The predicted molar refractivity (Wildman–Crippen MR) is 70.2 cm³/mol. The van der Waals surface area contributed by atoms with Gasteiger partial charge in [-0.3, -0.25) is 9.59 Å². The van der Waals surface area contributed by atoms with Crippen LogP contribution in [0.3, 0.4) is 0 Å². The van der Waals surface area contributed by atoms with Gasteiger partial charge in [-0.1, -0.05) is 38.2 Å². The maximum atomic E-state index is 11.4. The molecule has 1 unspecified atom stereocenters. The minimum atomic E-state index is -0.860. The molecule has 0 aromatic heterocycles. The van der Waals surface area contributed by atoms with Gasteiger partial charge in [0, 0.05) is 6.42 Å². The number of hydrogen-bond acceptors (Lipinski definition) is 3. The highest BCUT2D eigenvalue weighted by Crippen LogP contribution is 2.07. The van der Waals surface area contributed by atoms with Gasteiger partial charge < -0.3 is 9.84 Å². The van der Waals surface area contributed by atoms with Crippen LogP contribution < -0.4 is 0 Å². The predicted octanol–water partition coefficient (Wildman–Crippen LogP) is 3.09. The lowest BCUT2D eigenvalue weighted by atomic mass is 10.2. The number of allylic oxidation sites excluding steroid dienone is 1. The van der Waals surface area contributed by atoms with E-state index in [0.29, 0.717) is 12.8 Å². The summed E-state index contributed by atoms with van der Waals surface area (Å²) in [7, 11) is 0. The van der Waals surface area contributed by atoms with Crippen LogP contribution in [0.2, 0.25) is 0 Å². The van der Waals surface area contributed by atoms with E-state index in [-0.39, 0.29) is 18.5 Å². The van der Waals surface area contributed by atoms with Crippen molar-refractivity contribution in [2.24, 2.45) is 0 Å². The fourth-order valence-corrected chi connectivity index (χ4v) is 1.31. The number of aliphatic carboxylic acids is 1. The largest absolute Gasteiger partial charge is 0.481 e. The summed E-state index contributed by atoms with van der Waals surface area (Å²) in [6.45, 7) is 3.94. The van der Waals surface area contributed by atoms with Gasteiger partial charge in [0.05, 0.1) is 12.8 Å². The molecule has 18 heavy (non-hydrogen) atoms. The highest BCUT2D eigenvalue weighted by Gasteiger charge is 2.09. The van der Waals surface area contributed by atoms with Crippen LogP contribution in [0.25, 0.3) is 0 Å². The summed E-state index contributed by atoms with van der Waals surface area (Å²) in [4.78, 5) is 21.7. The molecule has 0 rings (SSSR count). The molecule has 0 spiro atoms. The molecule has 0 amide bonds. The summed E-state index contributed by atoms with van der Waals surface area (Å²) in [6, 6.07) is 0. The zero-order chi connectivity index (χ0) is 13.8. The van der Waals surface area contributed by atoms with E-state index in [9.17, 15) is 9.59 Å². The second-order valence-corrected chi connectivity index (χ2v) is 3.91. The van der Waals surface area contributed by atoms with E-state index in [1.54, 1.807) is 18.2 Å². The monoisotopic (exact) mass is 254 g/mol. The molecule has 102 valence electrons. The van der Waals surface area contributed by atoms with E-state index in [0.717, 1.165) is 12.8 Å². The molecule has 1 N–H and O–H groups in total. The average Bonchev–Trinajstić information content (AvgIpc) is 2.33. The minimum Gasteiger partial charge on any atom is -0.481 e. The first-order valence-corrected chi connectivity index (χ1v) is 6.31. The Morgan fingerprint density at radius 1 is 1.11 bits per heavy atom. The van der Waals surface area contributed by atoms with Crippen LogP contribution in [-0.4, -0.2) is 23.1 Å². The van der Waals surface area contributed by atoms with Crippen molar-refractivity contribution in [3.8, 4) is 0 Å². The Labute approximate surface area is 108 Å². The summed E-state index contributed by atoms with van der Waals surface area (Å²) in [5.74, 6) is -1.10. The third-order valence-corrected chi connectivity index (χ3v) is 2.30. The molecule has 1 atom stereocenters. The molecule has 4 heteroatoms. The van der Waals surface area contributed by atoms with Crippen LogP contribution in [0.4, 0.5) is 0 Å². The van der Waals surface area contributed by atoms with Crippen LogP contribution in [0.5, 0.6) is 0 Å². The highest BCUT2D eigenvalue weighted by molar-refractivity contribution is 5.71. The topological polar surface area (TPSA) is 63.6 Å². The molecule has 0 heterocycles. The molecule has 0 aromatic rings. The number of rotatable bonds is 9. The van der Waals surface area contributed by atoms with Gasteiger partial charge in [0.25, 0.3) is 0 Å². The Bertz CT molecular complexity index is 305. The van der Waals surface area contributed by atoms with Crippen molar-refractivity contribution < 1.29 is 19.4 Å². The van der Waals surface area contributed by atoms with Crippen LogP contribution in [0.15, 0.2) is 24.3 Å². The molecule has 0 aliphatic carbocycles. The quantitative estimate of drug-likeness (QED) is 0.507. The zero-order valence-electron chi connectivity index (χ0n) is 11.1. The lowest BCUT2D eigenvalue weighted by molar-refractivity contribution is -0.148. The van der Waals surface area contributed by atoms with Crippen molar-refractivity contribution in [1.82, 2.24) is 0 Å². The van der Waals surface area contributed by atoms with Gasteiger partial charge in [0.2, 0.25) is 0 Å². The number of carboxylic acid groups (broad SMARTS) is 1. The minimum absolute atomic E-state index is 0.00359. The van der Waals surface area contributed by atoms with Gasteiger partial charge >= 0.3 is 11.9 Å². The van der Waals surface area contributed by atoms with Crippen molar-refractivity contribution >= 4 is 11.9 Å². The average molecular weight is 254 g/mol. The first kappa shape index (κ1) is 16.4. The summed E-state index contributed by atoms with van der Waals surface area (Å²) < 4.78 is 5.26. The van der Waals surface area contributed by atoms with Gasteiger partial charge in [-0.2, -0.15) is 0 Å². The number of esters is 1. The second-order valence-electron chi connectivity index (χ2n) is 3.91. The van der Waals surface area contributed by atoms with Crippen LogP contribution >= 0.6 is 0 Å². The van der Waals surface area contributed by atoms with E-state index in [1.807, 2.05) is 19.9 Å². The molecule has 0 radical (unpaired) electrons. The smallest absolute Gasteiger partial charge is 0.309 e. The molecule has 0 fully saturated rings. The van der Waals surface area contributed by atoms with E-state index >= 15 is 0 Å². The Balaban J connectivity index is 3.95. The van der Waals surface area contributed by atoms with Gasteiger partial charge in [0.1, 0.15) is 6.10 Å². The maximum absolute atomic E-state index is 11.4. The van der Waals surface area contributed by atoms with Crippen LogP contribution in [0.1, 0.15) is 46.0 Å². The van der Waals surface area contributed by atoms with Crippen molar-refractivity contribution in [3.63, 3.8) is 0 Å². The van der Waals surface area contributed by atoms with Crippen molar-refractivity contribution in [2.45, 2.75) is 52.1 Å². The van der Waals surface area contributed by atoms with Crippen molar-refractivity contribution in [2.75, 3.05) is 0 Å². The SMILES string of the molecule is CCC=CCC(=O)OC(CC)CC=CCC(=O)O. The van der Waals surface area contributed by atoms with E-state index in [1.165, 1.54) is 0 Å². The molecule has 0 bridgehead atoms. The van der Waals surface area contributed by atoms with Gasteiger partial charge in [-0.15, -0.1) is 0 Å². The van der Waals surface area contributed by atoms with Crippen LogP contribution in [0, 0.1) is 0 Å². The molecular formula is C14H22O4. The lowest BCUT2D eigenvalue weighted by Crippen LogP contribution is -2.16. The fraction of sp³-hybridized carbons (Fsp3) is 0.571. The molecule has 0 saturated carbocycles. The summed E-state index contributed by atoms with van der Waals surface area (Å²) >= 11 is 0. The van der Waals surface area contributed by atoms with Gasteiger partial charge in [-0.25, -0.2) is 0 Å². The fourth-order valence-electron chi connectivity index (χ4n) is 1.31. The Morgan fingerprint density at radius 2 is 1.78 bits per heavy atom. The van der Waals surface area contributed by atoms with Gasteiger partial charge in [0.15, 0.2) is 0 Å². The third kappa shape index (κ3) is 9.63. The van der Waals surface area contributed by atoms with E-state index in [4.69, 9.17) is 9.84 Å². The third-order valence-electron chi connectivity index (χ3n) is 2.30.